The molecule has 0 heterocycles. The Morgan fingerprint density at radius 3 is 2.00 bits per heavy atom. The molecule has 0 saturated carbocycles. The van der Waals surface area contributed by atoms with E-state index in [9.17, 15) is 17.6 Å². The molecule has 6 heteroatoms. The number of aryl methyl sites for hydroxylation is 2. The van der Waals surface area contributed by atoms with Gasteiger partial charge < -0.3 is 9.47 Å². The number of rotatable bonds is 8. The van der Waals surface area contributed by atoms with Crippen LogP contribution in [0.15, 0.2) is 60.7 Å². The molecule has 0 fully saturated rings. The van der Waals surface area contributed by atoms with Crippen LogP contribution < -0.4 is 9.47 Å². The minimum absolute atomic E-state index is 0.0583. The molecule has 3 aromatic rings. The molecule has 3 rings (SSSR count). The van der Waals surface area contributed by atoms with Crippen molar-refractivity contribution in [2.45, 2.75) is 32.8 Å². The van der Waals surface area contributed by atoms with Crippen molar-refractivity contribution in [3.05, 3.63) is 83.4 Å². The third-order valence-corrected chi connectivity index (χ3v) is 4.58. The maximum absolute atomic E-state index is 14.1. The summed E-state index contributed by atoms with van der Waals surface area (Å²) in [7, 11) is 0. The number of benzene rings is 3. The molecule has 0 amide bonds. The zero-order chi connectivity index (χ0) is 21.7. The van der Waals surface area contributed by atoms with Gasteiger partial charge in [-0.1, -0.05) is 55.8 Å². The first kappa shape index (κ1) is 21.7. The summed E-state index contributed by atoms with van der Waals surface area (Å²) in [5.41, 5.74) is 3.13. The van der Waals surface area contributed by atoms with Gasteiger partial charge in [0.15, 0.2) is 18.2 Å². The number of hydrogen-bond donors (Lipinski definition) is 0. The molecule has 3 aromatic carbocycles. The van der Waals surface area contributed by atoms with Crippen LogP contribution in [-0.2, 0) is 6.42 Å². The van der Waals surface area contributed by atoms with Crippen LogP contribution in [0.4, 0.5) is 17.6 Å². The van der Waals surface area contributed by atoms with E-state index in [0.29, 0.717) is 0 Å². The van der Waals surface area contributed by atoms with Crippen LogP contribution in [0.2, 0.25) is 0 Å². The average Bonchev–Trinajstić information content (AvgIpc) is 2.73. The van der Waals surface area contributed by atoms with Gasteiger partial charge >= 0.3 is 6.11 Å². The molecule has 0 atom stereocenters. The second-order valence-electron chi connectivity index (χ2n) is 7.01. The Labute approximate surface area is 173 Å². The normalized spacial score (nSPS) is 11.4. The molecule has 0 aliphatic heterocycles. The van der Waals surface area contributed by atoms with Crippen LogP contribution in [0.25, 0.3) is 11.1 Å². The van der Waals surface area contributed by atoms with Gasteiger partial charge in [-0.2, -0.15) is 13.2 Å². The highest BCUT2D eigenvalue weighted by Crippen LogP contribution is 2.28. The molecule has 0 radical (unpaired) electrons. The molecule has 158 valence electrons. The van der Waals surface area contributed by atoms with Crippen LogP contribution >= 0.6 is 0 Å². The predicted octanol–water partition coefficient (Wildman–Crippen LogP) is 6.94. The molecule has 0 saturated heterocycles. The molecule has 0 unspecified atom stereocenters. The Morgan fingerprint density at radius 1 is 0.800 bits per heavy atom. The summed E-state index contributed by atoms with van der Waals surface area (Å²) in [6.07, 6.45) is -1.66. The number of ether oxygens (including phenoxy) is 2. The van der Waals surface area contributed by atoms with Gasteiger partial charge in [-0.3, -0.25) is 0 Å². The third kappa shape index (κ3) is 5.32. The lowest BCUT2D eigenvalue weighted by Crippen LogP contribution is -2.32. The lowest BCUT2D eigenvalue weighted by molar-refractivity contribution is -0.195. The van der Waals surface area contributed by atoms with E-state index in [-0.39, 0.29) is 11.3 Å². The Bertz CT molecular complexity index is 983. The van der Waals surface area contributed by atoms with Crippen molar-refractivity contribution in [2.24, 2.45) is 0 Å². The highest BCUT2D eigenvalue weighted by atomic mass is 19.3. The van der Waals surface area contributed by atoms with Crippen LogP contribution in [0.1, 0.15) is 24.5 Å². The first-order valence-electron chi connectivity index (χ1n) is 9.62. The molecule has 2 nitrogen and oxygen atoms in total. The fraction of sp³-hybridized carbons (Fsp3) is 0.250. The van der Waals surface area contributed by atoms with Crippen molar-refractivity contribution in [1.82, 2.24) is 0 Å². The van der Waals surface area contributed by atoms with E-state index in [1.807, 2.05) is 24.3 Å². The van der Waals surface area contributed by atoms with Gasteiger partial charge in [0.05, 0.1) is 0 Å². The summed E-state index contributed by atoms with van der Waals surface area (Å²) in [6.45, 7) is 2.22. The first-order valence-corrected chi connectivity index (χ1v) is 9.62. The number of halogens is 4. The number of alkyl halides is 2. The fourth-order valence-corrected chi connectivity index (χ4v) is 2.97. The van der Waals surface area contributed by atoms with Gasteiger partial charge in [-0.15, -0.1) is 0 Å². The molecule has 0 spiro atoms. The quantitative estimate of drug-likeness (QED) is 0.369. The summed E-state index contributed by atoms with van der Waals surface area (Å²) in [4.78, 5) is 0. The molecule has 30 heavy (non-hydrogen) atoms. The van der Waals surface area contributed by atoms with Gasteiger partial charge in [0.2, 0.25) is 5.82 Å². The van der Waals surface area contributed by atoms with Crippen molar-refractivity contribution < 1.29 is 27.0 Å². The van der Waals surface area contributed by atoms with Crippen LogP contribution in [0, 0.1) is 18.6 Å². The second kappa shape index (κ2) is 9.20. The maximum Gasteiger partial charge on any atom is 0.432 e. The zero-order valence-electron chi connectivity index (χ0n) is 16.7. The van der Waals surface area contributed by atoms with Crippen molar-refractivity contribution in [2.75, 3.05) is 6.61 Å². The first-order chi connectivity index (χ1) is 14.3. The van der Waals surface area contributed by atoms with E-state index in [0.717, 1.165) is 30.0 Å². The van der Waals surface area contributed by atoms with E-state index < -0.39 is 30.1 Å². The summed E-state index contributed by atoms with van der Waals surface area (Å²) in [6, 6.07) is 16.6. The van der Waals surface area contributed by atoms with Crippen molar-refractivity contribution in [3.8, 4) is 22.6 Å². The van der Waals surface area contributed by atoms with E-state index in [2.05, 4.69) is 11.7 Å². The second-order valence-corrected chi connectivity index (χ2v) is 7.01. The topological polar surface area (TPSA) is 18.5 Å². The fourth-order valence-electron chi connectivity index (χ4n) is 2.97. The molecule has 0 aromatic heterocycles. The maximum atomic E-state index is 14.1. The van der Waals surface area contributed by atoms with Crippen LogP contribution in [0.5, 0.6) is 11.5 Å². The van der Waals surface area contributed by atoms with E-state index >= 15 is 0 Å². The van der Waals surface area contributed by atoms with Gasteiger partial charge in [-0.25, -0.2) is 4.39 Å². The monoisotopic (exact) mass is 418 g/mol. The molecule has 0 N–H and O–H groups in total. The largest absolute Gasteiger partial charge is 0.480 e. The van der Waals surface area contributed by atoms with Crippen molar-refractivity contribution in [1.29, 1.82) is 0 Å². The number of hydrogen-bond acceptors (Lipinski definition) is 2. The molecule has 0 bridgehead atoms. The highest BCUT2D eigenvalue weighted by molar-refractivity contribution is 5.64. The highest BCUT2D eigenvalue weighted by Gasteiger charge is 2.33. The molecular formula is C24H22F4O2. The van der Waals surface area contributed by atoms with Crippen molar-refractivity contribution >= 4 is 0 Å². The lowest BCUT2D eigenvalue weighted by atomic mass is 10.0. The van der Waals surface area contributed by atoms with Gasteiger partial charge in [-0.05, 0) is 53.8 Å². The lowest BCUT2D eigenvalue weighted by Gasteiger charge is -2.19. The summed E-state index contributed by atoms with van der Waals surface area (Å²) in [5.74, 6) is -3.09. The Morgan fingerprint density at radius 2 is 1.40 bits per heavy atom. The zero-order valence-corrected chi connectivity index (χ0v) is 16.7. The molecule has 0 aliphatic rings. The predicted molar refractivity (Wildman–Crippen MR) is 108 cm³/mol. The average molecular weight is 418 g/mol. The Balaban J connectivity index is 1.63. The van der Waals surface area contributed by atoms with E-state index in [1.165, 1.54) is 30.7 Å². The standard InChI is InChI=1S/C24H22F4O2/c1-3-4-17-6-8-18(9-7-17)19-10-12-20(13-11-19)30-24(27,28)15-29-21-14-5-16(2)22(25)23(21)26/h5-14H,3-4,15H2,1-2H3. The smallest absolute Gasteiger partial charge is 0.432 e. The van der Waals surface area contributed by atoms with Crippen LogP contribution in [0.3, 0.4) is 0 Å². The molecular weight excluding hydrogens is 396 g/mol. The van der Waals surface area contributed by atoms with Crippen LogP contribution in [-0.4, -0.2) is 12.7 Å². The van der Waals surface area contributed by atoms with E-state index in [4.69, 9.17) is 4.74 Å². The minimum Gasteiger partial charge on any atom is -0.480 e. The Hall–Kier alpha value is -3.02. The van der Waals surface area contributed by atoms with Gasteiger partial charge in [0.25, 0.3) is 0 Å². The Kier molecular flexibility index (Phi) is 6.65. The molecule has 0 aliphatic carbocycles. The summed E-state index contributed by atoms with van der Waals surface area (Å²) in [5, 5.41) is 0. The SMILES string of the molecule is CCCc1ccc(-c2ccc(OC(F)(F)COc3ccc(C)c(F)c3F)cc2)cc1. The van der Waals surface area contributed by atoms with Gasteiger partial charge in [0.1, 0.15) is 5.75 Å². The summed E-state index contributed by atoms with van der Waals surface area (Å²) < 4.78 is 64.9. The minimum atomic E-state index is -3.73. The van der Waals surface area contributed by atoms with E-state index in [1.54, 1.807) is 12.1 Å². The van der Waals surface area contributed by atoms with Gasteiger partial charge in [0, 0.05) is 0 Å². The third-order valence-electron chi connectivity index (χ3n) is 4.58. The van der Waals surface area contributed by atoms with Crippen molar-refractivity contribution in [3.63, 3.8) is 0 Å². The summed E-state index contributed by atoms with van der Waals surface area (Å²) >= 11 is 0.